The molecule has 2 rings (SSSR count). The predicted molar refractivity (Wildman–Crippen MR) is 80.8 cm³/mol. The third-order valence-electron chi connectivity index (χ3n) is 3.69. The van der Waals surface area contributed by atoms with Crippen LogP contribution >= 0.6 is 0 Å². The highest BCUT2D eigenvalue weighted by Gasteiger charge is 2.22. The van der Waals surface area contributed by atoms with Crippen LogP contribution in [-0.4, -0.2) is 54.8 Å². The number of piperidine rings is 1. The molecular weight excluding hydrogens is 268 g/mol. The molecule has 1 aromatic rings. The first-order valence-electron chi connectivity index (χ1n) is 7.42. The Hall–Kier alpha value is -1.43. The topological polar surface area (TPSA) is 61.8 Å². The molecule has 1 heterocycles. The van der Waals surface area contributed by atoms with E-state index < -0.39 is 6.10 Å². The number of nitrogens with one attached hydrogen (secondary N) is 1. The average Bonchev–Trinajstić information content (AvgIpc) is 2.49. The molecule has 5 nitrogen and oxygen atoms in total. The van der Waals surface area contributed by atoms with Crippen molar-refractivity contribution in [2.24, 2.45) is 0 Å². The van der Waals surface area contributed by atoms with Crippen LogP contribution in [0.4, 0.5) is 0 Å². The first-order valence-corrected chi connectivity index (χ1v) is 7.42. The Morgan fingerprint density at radius 1 is 1.43 bits per heavy atom. The van der Waals surface area contributed by atoms with E-state index in [4.69, 9.17) is 4.74 Å². The number of benzene rings is 1. The summed E-state index contributed by atoms with van der Waals surface area (Å²) in [5.74, 6) is 0.194. The van der Waals surface area contributed by atoms with E-state index >= 15 is 0 Å². The Morgan fingerprint density at radius 3 is 2.90 bits per heavy atom. The number of hydrogen-bond donors (Lipinski definition) is 2. The van der Waals surface area contributed by atoms with E-state index in [0.717, 1.165) is 12.0 Å². The standard InChI is InChI=1S/C16H24N2O3/c1-18-10-14(7-8-16(18)20)17-9-15(19)12-21-11-13-5-3-2-4-6-13/h2-6,14-15,17,19H,7-12H2,1H3. The van der Waals surface area contributed by atoms with Crippen LogP contribution in [-0.2, 0) is 16.1 Å². The van der Waals surface area contributed by atoms with Crippen molar-refractivity contribution in [2.45, 2.75) is 31.6 Å². The SMILES string of the molecule is CN1CC(NCC(O)COCc2ccccc2)CCC1=O. The maximum Gasteiger partial charge on any atom is 0.222 e. The summed E-state index contributed by atoms with van der Waals surface area (Å²) < 4.78 is 5.51. The van der Waals surface area contributed by atoms with Gasteiger partial charge in [0.15, 0.2) is 0 Å². The molecule has 5 heteroatoms. The molecule has 1 saturated heterocycles. The lowest BCUT2D eigenvalue weighted by atomic mass is 10.1. The molecule has 1 aliphatic rings. The smallest absolute Gasteiger partial charge is 0.222 e. The zero-order valence-electron chi connectivity index (χ0n) is 12.5. The second-order valence-corrected chi connectivity index (χ2v) is 5.57. The Kier molecular flexibility index (Phi) is 6.17. The number of aliphatic hydroxyl groups is 1. The lowest BCUT2D eigenvalue weighted by molar-refractivity contribution is -0.132. The highest BCUT2D eigenvalue weighted by Crippen LogP contribution is 2.09. The zero-order chi connectivity index (χ0) is 15.1. The van der Waals surface area contributed by atoms with Gasteiger partial charge >= 0.3 is 0 Å². The number of hydrogen-bond acceptors (Lipinski definition) is 4. The summed E-state index contributed by atoms with van der Waals surface area (Å²) in [4.78, 5) is 13.1. The van der Waals surface area contributed by atoms with E-state index in [1.54, 1.807) is 4.90 Å². The summed E-state index contributed by atoms with van der Waals surface area (Å²) in [6.07, 6.45) is 0.881. The minimum atomic E-state index is -0.531. The molecule has 2 unspecified atom stereocenters. The van der Waals surface area contributed by atoms with Crippen molar-refractivity contribution < 1.29 is 14.6 Å². The van der Waals surface area contributed by atoms with Gasteiger partial charge in [-0.25, -0.2) is 0 Å². The molecule has 0 saturated carbocycles. The first kappa shape index (κ1) is 15.9. The summed E-state index contributed by atoms with van der Waals surface area (Å²) in [5.41, 5.74) is 1.10. The number of nitrogens with zero attached hydrogens (tertiary/aromatic N) is 1. The number of likely N-dealkylation sites (tertiary alicyclic amines) is 1. The largest absolute Gasteiger partial charge is 0.389 e. The monoisotopic (exact) mass is 292 g/mol. The molecule has 116 valence electrons. The molecule has 1 amide bonds. The minimum Gasteiger partial charge on any atom is -0.389 e. The second-order valence-electron chi connectivity index (χ2n) is 5.57. The van der Waals surface area contributed by atoms with E-state index in [0.29, 0.717) is 32.7 Å². The van der Waals surface area contributed by atoms with Crippen LogP contribution < -0.4 is 5.32 Å². The minimum absolute atomic E-state index is 0.194. The number of carbonyl (C=O) groups excluding carboxylic acids is 1. The molecule has 1 fully saturated rings. The van der Waals surface area contributed by atoms with Crippen molar-refractivity contribution in [3.05, 3.63) is 35.9 Å². The third kappa shape index (κ3) is 5.46. The number of aliphatic hydroxyl groups excluding tert-OH is 1. The molecule has 1 aliphatic heterocycles. The number of amides is 1. The van der Waals surface area contributed by atoms with Gasteiger partial charge in [-0.05, 0) is 12.0 Å². The Labute approximate surface area is 125 Å². The van der Waals surface area contributed by atoms with Gasteiger partial charge in [0.1, 0.15) is 0 Å². The normalized spacial score (nSPS) is 20.6. The van der Waals surface area contributed by atoms with Gasteiger partial charge in [0.05, 0.1) is 19.3 Å². The first-order chi connectivity index (χ1) is 10.1. The molecule has 0 bridgehead atoms. The van der Waals surface area contributed by atoms with Crippen molar-refractivity contribution in [2.75, 3.05) is 26.7 Å². The van der Waals surface area contributed by atoms with Crippen LogP contribution in [0.3, 0.4) is 0 Å². The highest BCUT2D eigenvalue weighted by atomic mass is 16.5. The molecule has 2 atom stereocenters. The summed E-state index contributed by atoms with van der Waals surface area (Å²) in [6.45, 7) is 2.01. The molecule has 0 spiro atoms. The molecule has 2 N–H and O–H groups in total. The van der Waals surface area contributed by atoms with Crippen molar-refractivity contribution in [1.29, 1.82) is 0 Å². The van der Waals surface area contributed by atoms with Crippen LogP contribution in [0.5, 0.6) is 0 Å². The summed E-state index contributed by atoms with van der Waals surface area (Å²) in [7, 11) is 1.82. The fourth-order valence-corrected chi connectivity index (χ4v) is 2.43. The molecular formula is C16H24N2O3. The van der Waals surface area contributed by atoms with Gasteiger partial charge in [-0.3, -0.25) is 4.79 Å². The van der Waals surface area contributed by atoms with Gasteiger partial charge in [0.25, 0.3) is 0 Å². The Balaban J connectivity index is 1.59. The quantitative estimate of drug-likeness (QED) is 0.779. The lowest BCUT2D eigenvalue weighted by Gasteiger charge is -2.30. The van der Waals surface area contributed by atoms with Gasteiger partial charge in [0.2, 0.25) is 5.91 Å². The van der Waals surface area contributed by atoms with Crippen LogP contribution in [0.25, 0.3) is 0 Å². The van der Waals surface area contributed by atoms with Gasteiger partial charge in [-0.15, -0.1) is 0 Å². The molecule has 21 heavy (non-hydrogen) atoms. The Bertz CT molecular complexity index is 438. The second kappa shape index (κ2) is 8.12. The van der Waals surface area contributed by atoms with E-state index in [2.05, 4.69) is 5.32 Å². The van der Waals surface area contributed by atoms with Crippen LogP contribution in [0.2, 0.25) is 0 Å². The number of rotatable bonds is 7. The number of carbonyl (C=O) groups is 1. The summed E-state index contributed by atoms with van der Waals surface area (Å²) in [5, 5.41) is 13.2. The van der Waals surface area contributed by atoms with E-state index in [-0.39, 0.29) is 11.9 Å². The van der Waals surface area contributed by atoms with Gasteiger partial charge < -0.3 is 20.1 Å². The van der Waals surface area contributed by atoms with Crippen LogP contribution in [0, 0.1) is 0 Å². The average molecular weight is 292 g/mol. The summed E-state index contributed by atoms with van der Waals surface area (Å²) in [6, 6.07) is 10.2. The fraction of sp³-hybridized carbons (Fsp3) is 0.562. The molecule has 0 aromatic heterocycles. The predicted octanol–water partition coefficient (Wildman–Crippen LogP) is 0.774. The lowest BCUT2D eigenvalue weighted by Crippen LogP contribution is -2.48. The Morgan fingerprint density at radius 2 is 2.19 bits per heavy atom. The van der Waals surface area contributed by atoms with Gasteiger partial charge in [0, 0.05) is 32.6 Å². The van der Waals surface area contributed by atoms with Crippen molar-refractivity contribution in [3.8, 4) is 0 Å². The zero-order valence-corrected chi connectivity index (χ0v) is 12.5. The number of ether oxygens (including phenoxy) is 1. The fourth-order valence-electron chi connectivity index (χ4n) is 2.43. The van der Waals surface area contributed by atoms with Gasteiger partial charge in [-0.2, -0.15) is 0 Å². The maximum absolute atomic E-state index is 11.4. The van der Waals surface area contributed by atoms with Crippen LogP contribution in [0.1, 0.15) is 18.4 Å². The van der Waals surface area contributed by atoms with E-state index in [1.807, 2.05) is 37.4 Å². The van der Waals surface area contributed by atoms with Crippen molar-refractivity contribution >= 4 is 5.91 Å². The van der Waals surface area contributed by atoms with E-state index in [9.17, 15) is 9.90 Å². The highest BCUT2D eigenvalue weighted by molar-refractivity contribution is 5.76. The van der Waals surface area contributed by atoms with E-state index in [1.165, 1.54) is 0 Å². The summed E-state index contributed by atoms with van der Waals surface area (Å²) >= 11 is 0. The third-order valence-corrected chi connectivity index (χ3v) is 3.69. The molecule has 0 radical (unpaired) electrons. The van der Waals surface area contributed by atoms with Crippen LogP contribution in [0.15, 0.2) is 30.3 Å². The van der Waals surface area contributed by atoms with Gasteiger partial charge in [-0.1, -0.05) is 30.3 Å². The maximum atomic E-state index is 11.4. The number of likely N-dealkylation sites (N-methyl/N-ethyl adjacent to an activating group) is 1. The molecule has 0 aliphatic carbocycles. The van der Waals surface area contributed by atoms with Crippen molar-refractivity contribution in [3.63, 3.8) is 0 Å². The van der Waals surface area contributed by atoms with Crippen molar-refractivity contribution in [1.82, 2.24) is 10.2 Å². The molecule has 1 aromatic carbocycles.